The third kappa shape index (κ3) is 5.92. The van der Waals surface area contributed by atoms with E-state index in [4.69, 9.17) is 0 Å². The molecule has 1 saturated heterocycles. The van der Waals surface area contributed by atoms with Gasteiger partial charge >= 0.3 is 0 Å². The summed E-state index contributed by atoms with van der Waals surface area (Å²) in [6.07, 6.45) is 8.87. The summed E-state index contributed by atoms with van der Waals surface area (Å²) in [7, 11) is -3.17. The molecule has 6 nitrogen and oxygen atoms in total. The molecule has 0 bridgehead atoms. The number of nitrogens with zero attached hydrogens (tertiary/aromatic N) is 1. The molecule has 2 aliphatic rings. The maximum absolute atomic E-state index is 12.1. The summed E-state index contributed by atoms with van der Waals surface area (Å²) in [5, 5.41) is 3.10. The summed E-state index contributed by atoms with van der Waals surface area (Å²) in [5.41, 5.74) is 0. The normalized spacial score (nSPS) is 25.1. The van der Waals surface area contributed by atoms with E-state index >= 15 is 0 Å². The molecule has 1 aliphatic heterocycles. The predicted octanol–water partition coefficient (Wildman–Crippen LogP) is 0.449. The molecular formula is C14H27N3O3S. The number of nitrogens with one attached hydrogen (secondary N) is 2. The number of hydrogen-bond acceptors (Lipinski definition) is 4. The Kier molecular flexibility index (Phi) is 6.01. The summed E-state index contributed by atoms with van der Waals surface area (Å²) >= 11 is 0. The zero-order valence-corrected chi connectivity index (χ0v) is 13.6. The number of carbonyl (C=O) groups is 1. The van der Waals surface area contributed by atoms with Crippen LogP contribution in [-0.2, 0) is 14.8 Å². The highest BCUT2D eigenvalue weighted by Crippen LogP contribution is 2.19. The number of sulfonamides is 1. The first-order valence-corrected chi connectivity index (χ1v) is 9.81. The summed E-state index contributed by atoms with van der Waals surface area (Å²) in [6.45, 7) is 1.65. The highest BCUT2D eigenvalue weighted by molar-refractivity contribution is 7.88. The van der Waals surface area contributed by atoms with Gasteiger partial charge in [-0.3, -0.25) is 9.69 Å². The Balaban J connectivity index is 1.81. The molecule has 2 N–H and O–H groups in total. The quantitative estimate of drug-likeness (QED) is 0.745. The Labute approximate surface area is 127 Å². The van der Waals surface area contributed by atoms with E-state index in [1.54, 1.807) is 0 Å². The molecule has 2 fully saturated rings. The Morgan fingerprint density at radius 2 is 1.81 bits per heavy atom. The van der Waals surface area contributed by atoms with Gasteiger partial charge in [0.05, 0.1) is 12.8 Å². The van der Waals surface area contributed by atoms with Gasteiger partial charge in [0, 0.05) is 18.6 Å². The van der Waals surface area contributed by atoms with Crippen molar-refractivity contribution in [2.45, 2.75) is 57.0 Å². The molecule has 1 heterocycles. The molecule has 2 rings (SSSR count). The van der Waals surface area contributed by atoms with Crippen LogP contribution in [0.4, 0.5) is 0 Å². The molecule has 0 aromatic heterocycles. The molecule has 122 valence electrons. The van der Waals surface area contributed by atoms with Crippen molar-refractivity contribution in [3.63, 3.8) is 0 Å². The van der Waals surface area contributed by atoms with Gasteiger partial charge in [-0.05, 0) is 32.2 Å². The van der Waals surface area contributed by atoms with Crippen LogP contribution in [0.15, 0.2) is 0 Å². The van der Waals surface area contributed by atoms with E-state index in [0.29, 0.717) is 19.1 Å². The molecule has 1 unspecified atom stereocenters. The first-order valence-electron chi connectivity index (χ1n) is 7.92. The van der Waals surface area contributed by atoms with Crippen LogP contribution in [0, 0.1) is 0 Å². The fourth-order valence-electron chi connectivity index (χ4n) is 3.27. The highest BCUT2D eigenvalue weighted by Gasteiger charge is 2.26. The molecule has 1 aliphatic carbocycles. The van der Waals surface area contributed by atoms with Crippen LogP contribution in [0.1, 0.15) is 44.9 Å². The number of likely N-dealkylation sites (tertiary alicyclic amines) is 1. The van der Waals surface area contributed by atoms with Crippen LogP contribution in [0.2, 0.25) is 0 Å². The van der Waals surface area contributed by atoms with E-state index < -0.39 is 10.0 Å². The SMILES string of the molecule is CS(=O)(=O)NCC1CCCCN1CC(=O)NC1CCCC1. The molecule has 21 heavy (non-hydrogen) atoms. The topological polar surface area (TPSA) is 78.5 Å². The highest BCUT2D eigenvalue weighted by atomic mass is 32.2. The third-order valence-electron chi connectivity index (χ3n) is 4.40. The summed E-state index contributed by atoms with van der Waals surface area (Å²) in [5.74, 6) is 0.0770. The second-order valence-electron chi connectivity index (χ2n) is 6.29. The lowest BCUT2D eigenvalue weighted by molar-refractivity contribution is -0.123. The van der Waals surface area contributed by atoms with Crippen molar-refractivity contribution in [3.8, 4) is 0 Å². The number of amides is 1. The number of piperidine rings is 1. The van der Waals surface area contributed by atoms with Crippen molar-refractivity contribution >= 4 is 15.9 Å². The average Bonchev–Trinajstić information content (AvgIpc) is 2.89. The predicted molar refractivity (Wildman–Crippen MR) is 82.5 cm³/mol. The van der Waals surface area contributed by atoms with Gasteiger partial charge < -0.3 is 5.32 Å². The standard InChI is InChI=1S/C14H27N3O3S/c1-21(19,20)15-10-13-8-4-5-9-17(13)11-14(18)16-12-6-2-3-7-12/h12-13,15H,2-11H2,1H3,(H,16,18). The largest absolute Gasteiger partial charge is 0.352 e. The van der Waals surface area contributed by atoms with E-state index in [-0.39, 0.29) is 11.9 Å². The lowest BCUT2D eigenvalue weighted by atomic mass is 10.0. The average molecular weight is 317 g/mol. The lowest BCUT2D eigenvalue weighted by Crippen LogP contribution is -2.50. The van der Waals surface area contributed by atoms with Crippen LogP contribution in [-0.4, -0.2) is 57.2 Å². The Bertz CT molecular complexity index is 446. The van der Waals surface area contributed by atoms with Crippen LogP contribution >= 0.6 is 0 Å². The summed E-state index contributed by atoms with van der Waals surface area (Å²) < 4.78 is 25.0. The minimum absolute atomic E-state index is 0.0770. The molecule has 1 saturated carbocycles. The van der Waals surface area contributed by atoms with Crippen LogP contribution in [0.3, 0.4) is 0 Å². The molecular weight excluding hydrogens is 290 g/mol. The maximum Gasteiger partial charge on any atom is 0.234 e. The van der Waals surface area contributed by atoms with Gasteiger partial charge in [-0.2, -0.15) is 0 Å². The molecule has 0 aromatic carbocycles. The van der Waals surface area contributed by atoms with Gasteiger partial charge in [0.25, 0.3) is 0 Å². The zero-order chi connectivity index (χ0) is 15.3. The van der Waals surface area contributed by atoms with Crippen LogP contribution in [0.25, 0.3) is 0 Å². The Morgan fingerprint density at radius 3 is 2.48 bits per heavy atom. The van der Waals surface area contributed by atoms with Gasteiger partial charge in [0.2, 0.25) is 15.9 Å². The molecule has 7 heteroatoms. The van der Waals surface area contributed by atoms with E-state index in [1.807, 2.05) is 0 Å². The number of hydrogen-bond donors (Lipinski definition) is 2. The van der Waals surface area contributed by atoms with Crippen LogP contribution < -0.4 is 10.0 Å². The van der Waals surface area contributed by atoms with Gasteiger partial charge in [0.1, 0.15) is 0 Å². The van der Waals surface area contributed by atoms with E-state index in [9.17, 15) is 13.2 Å². The second kappa shape index (κ2) is 7.56. The molecule has 1 atom stereocenters. The fraction of sp³-hybridized carbons (Fsp3) is 0.929. The molecule has 1 amide bonds. The van der Waals surface area contributed by atoms with Crippen molar-refractivity contribution in [1.29, 1.82) is 0 Å². The Morgan fingerprint density at radius 1 is 1.14 bits per heavy atom. The minimum Gasteiger partial charge on any atom is -0.352 e. The third-order valence-corrected chi connectivity index (χ3v) is 5.09. The molecule has 0 aromatic rings. The van der Waals surface area contributed by atoms with Gasteiger partial charge in [-0.25, -0.2) is 13.1 Å². The van der Waals surface area contributed by atoms with Crippen molar-refractivity contribution in [2.24, 2.45) is 0 Å². The maximum atomic E-state index is 12.1. The first kappa shape index (κ1) is 16.7. The zero-order valence-electron chi connectivity index (χ0n) is 12.8. The summed E-state index contributed by atoms with van der Waals surface area (Å²) in [4.78, 5) is 14.2. The molecule has 0 radical (unpaired) electrons. The van der Waals surface area contributed by atoms with E-state index in [1.165, 1.54) is 19.1 Å². The molecule has 0 spiro atoms. The van der Waals surface area contributed by atoms with Gasteiger partial charge in [-0.1, -0.05) is 19.3 Å². The van der Waals surface area contributed by atoms with Crippen LogP contribution in [0.5, 0.6) is 0 Å². The van der Waals surface area contributed by atoms with Gasteiger partial charge in [0.15, 0.2) is 0 Å². The second-order valence-corrected chi connectivity index (χ2v) is 8.12. The number of carbonyl (C=O) groups excluding carboxylic acids is 1. The monoisotopic (exact) mass is 317 g/mol. The van der Waals surface area contributed by atoms with E-state index in [2.05, 4.69) is 14.9 Å². The van der Waals surface area contributed by atoms with Crippen molar-refractivity contribution in [2.75, 3.05) is 25.9 Å². The fourth-order valence-corrected chi connectivity index (χ4v) is 3.77. The number of rotatable bonds is 6. The van der Waals surface area contributed by atoms with E-state index in [0.717, 1.165) is 38.6 Å². The summed E-state index contributed by atoms with van der Waals surface area (Å²) in [6, 6.07) is 0.470. The van der Waals surface area contributed by atoms with Crippen molar-refractivity contribution in [1.82, 2.24) is 14.9 Å². The first-order chi connectivity index (χ1) is 9.94. The minimum atomic E-state index is -3.17. The lowest BCUT2D eigenvalue weighted by Gasteiger charge is -2.35. The Hall–Kier alpha value is -0.660. The van der Waals surface area contributed by atoms with Crippen molar-refractivity contribution < 1.29 is 13.2 Å². The van der Waals surface area contributed by atoms with Gasteiger partial charge in [-0.15, -0.1) is 0 Å². The van der Waals surface area contributed by atoms with Crippen molar-refractivity contribution in [3.05, 3.63) is 0 Å². The smallest absolute Gasteiger partial charge is 0.234 e.